The van der Waals surface area contributed by atoms with E-state index in [-0.39, 0.29) is 0 Å². The summed E-state index contributed by atoms with van der Waals surface area (Å²) in [5, 5.41) is 4.46. The van der Waals surface area contributed by atoms with Crippen molar-refractivity contribution in [3.8, 4) is 0 Å². The van der Waals surface area contributed by atoms with Crippen LogP contribution in [0.3, 0.4) is 0 Å². The summed E-state index contributed by atoms with van der Waals surface area (Å²) in [6.45, 7) is 3.25. The van der Waals surface area contributed by atoms with E-state index in [1.54, 1.807) is 0 Å². The van der Waals surface area contributed by atoms with Gasteiger partial charge < -0.3 is 10.2 Å². The Labute approximate surface area is 127 Å². The number of benzene rings is 1. The standard InChI is InChI=1S/C17H25ClN2/c18-16-12-14(13-19-15-7-8-15)6-9-17(16)20-10-4-2-1-3-5-11-20/h6,9,12,15,19H,1-5,7-8,10-11,13H2. The zero-order valence-corrected chi connectivity index (χ0v) is 13.0. The molecule has 2 nitrogen and oxygen atoms in total. The van der Waals surface area contributed by atoms with E-state index in [1.807, 2.05) is 0 Å². The maximum Gasteiger partial charge on any atom is 0.0642 e. The van der Waals surface area contributed by atoms with Crippen LogP contribution in [0.1, 0.15) is 50.5 Å². The van der Waals surface area contributed by atoms with Gasteiger partial charge in [-0.1, -0.05) is 36.9 Å². The molecule has 1 aromatic carbocycles. The number of halogens is 1. The molecule has 0 spiro atoms. The van der Waals surface area contributed by atoms with Crippen LogP contribution in [0.5, 0.6) is 0 Å². The zero-order chi connectivity index (χ0) is 13.8. The lowest BCUT2D eigenvalue weighted by molar-refractivity contribution is 0.556. The van der Waals surface area contributed by atoms with Gasteiger partial charge in [-0.15, -0.1) is 0 Å². The Morgan fingerprint density at radius 2 is 1.75 bits per heavy atom. The molecule has 0 aromatic heterocycles. The maximum absolute atomic E-state index is 6.52. The van der Waals surface area contributed by atoms with Gasteiger partial charge in [0.1, 0.15) is 0 Å². The largest absolute Gasteiger partial charge is 0.370 e. The van der Waals surface area contributed by atoms with E-state index >= 15 is 0 Å². The van der Waals surface area contributed by atoms with E-state index in [9.17, 15) is 0 Å². The molecule has 3 heteroatoms. The Hall–Kier alpha value is -0.730. The summed E-state index contributed by atoms with van der Waals surface area (Å²) in [5.74, 6) is 0. The molecule has 0 radical (unpaired) electrons. The van der Waals surface area contributed by atoms with E-state index in [4.69, 9.17) is 11.6 Å². The van der Waals surface area contributed by atoms with Crippen molar-refractivity contribution in [2.75, 3.05) is 18.0 Å². The van der Waals surface area contributed by atoms with Gasteiger partial charge in [0, 0.05) is 25.7 Å². The third kappa shape index (κ3) is 3.89. The SMILES string of the molecule is Clc1cc(CNC2CC2)ccc1N1CCCCCCC1. The molecular weight excluding hydrogens is 268 g/mol. The first-order chi connectivity index (χ1) is 9.83. The topological polar surface area (TPSA) is 15.3 Å². The summed E-state index contributed by atoms with van der Waals surface area (Å²) < 4.78 is 0. The molecule has 0 atom stereocenters. The molecule has 20 heavy (non-hydrogen) atoms. The quantitative estimate of drug-likeness (QED) is 0.887. The Kier molecular flexibility index (Phi) is 4.85. The normalized spacial score (nSPS) is 20.6. The van der Waals surface area contributed by atoms with Crippen LogP contribution < -0.4 is 10.2 Å². The van der Waals surface area contributed by atoms with Crippen LogP contribution in [-0.2, 0) is 6.54 Å². The molecular formula is C17H25ClN2. The van der Waals surface area contributed by atoms with Gasteiger partial charge in [-0.3, -0.25) is 0 Å². The van der Waals surface area contributed by atoms with Crippen molar-refractivity contribution >= 4 is 17.3 Å². The second-order valence-electron chi connectivity index (χ2n) is 6.20. The van der Waals surface area contributed by atoms with Crippen molar-refractivity contribution in [1.29, 1.82) is 0 Å². The molecule has 110 valence electrons. The zero-order valence-electron chi connectivity index (χ0n) is 12.2. The average molecular weight is 293 g/mol. The van der Waals surface area contributed by atoms with E-state index < -0.39 is 0 Å². The van der Waals surface area contributed by atoms with Crippen molar-refractivity contribution < 1.29 is 0 Å². The lowest BCUT2D eigenvalue weighted by atomic mass is 10.1. The fourth-order valence-corrected chi connectivity index (χ4v) is 3.28. The van der Waals surface area contributed by atoms with Crippen molar-refractivity contribution in [3.63, 3.8) is 0 Å². The Bertz CT molecular complexity index is 435. The molecule has 0 amide bonds. The van der Waals surface area contributed by atoms with Crippen molar-refractivity contribution in [2.45, 2.75) is 57.5 Å². The molecule has 1 N–H and O–H groups in total. The monoisotopic (exact) mass is 292 g/mol. The maximum atomic E-state index is 6.52. The minimum Gasteiger partial charge on any atom is -0.370 e. The molecule has 2 fully saturated rings. The highest BCUT2D eigenvalue weighted by molar-refractivity contribution is 6.33. The van der Waals surface area contributed by atoms with Crippen molar-refractivity contribution in [3.05, 3.63) is 28.8 Å². The molecule has 0 bridgehead atoms. The van der Waals surface area contributed by atoms with Gasteiger partial charge in [0.05, 0.1) is 10.7 Å². The summed E-state index contributed by atoms with van der Waals surface area (Å²) in [7, 11) is 0. The van der Waals surface area contributed by atoms with Gasteiger partial charge in [-0.25, -0.2) is 0 Å². The van der Waals surface area contributed by atoms with Crippen LogP contribution in [0.2, 0.25) is 5.02 Å². The summed E-state index contributed by atoms with van der Waals surface area (Å²) in [6, 6.07) is 7.34. The number of nitrogens with zero attached hydrogens (tertiary/aromatic N) is 1. The van der Waals surface area contributed by atoms with Crippen LogP contribution in [-0.4, -0.2) is 19.1 Å². The van der Waals surface area contributed by atoms with Crippen LogP contribution in [0.25, 0.3) is 0 Å². The fourth-order valence-electron chi connectivity index (χ4n) is 2.95. The first-order valence-electron chi connectivity index (χ1n) is 8.10. The molecule has 1 saturated carbocycles. The van der Waals surface area contributed by atoms with Gasteiger partial charge in [-0.05, 0) is 43.4 Å². The Morgan fingerprint density at radius 1 is 1.05 bits per heavy atom. The second-order valence-corrected chi connectivity index (χ2v) is 6.60. The molecule has 1 heterocycles. The van der Waals surface area contributed by atoms with E-state index in [1.165, 1.54) is 56.2 Å². The van der Waals surface area contributed by atoms with Gasteiger partial charge in [-0.2, -0.15) is 0 Å². The number of hydrogen-bond acceptors (Lipinski definition) is 2. The number of anilines is 1. The molecule has 3 rings (SSSR count). The van der Waals surface area contributed by atoms with Crippen LogP contribution in [0.15, 0.2) is 18.2 Å². The number of hydrogen-bond donors (Lipinski definition) is 1. The number of nitrogens with one attached hydrogen (secondary N) is 1. The van der Waals surface area contributed by atoms with E-state index in [0.717, 1.165) is 30.7 Å². The van der Waals surface area contributed by atoms with Crippen LogP contribution in [0, 0.1) is 0 Å². The third-order valence-corrected chi connectivity index (χ3v) is 4.68. The lowest BCUT2D eigenvalue weighted by Gasteiger charge is -2.28. The van der Waals surface area contributed by atoms with Gasteiger partial charge in [0.15, 0.2) is 0 Å². The van der Waals surface area contributed by atoms with Crippen molar-refractivity contribution in [2.24, 2.45) is 0 Å². The van der Waals surface area contributed by atoms with Crippen molar-refractivity contribution in [1.82, 2.24) is 5.32 Å². The molecule has 1 aliphatic carbocycles. The summed E-state index contributed by atoms with van der Waals surface area (Å²) in [4.78, 5) is 2.47. The van der Waals surface area contributed by atoms with Gasteiger partial charge in [0.25, 0.3) is 0 Å². The van der Waals surface area contributed by atoms with Crippen LogP contribution in [0.4, 0.5) is 5.69 Å². The lowest BCUT2D eigenvalue weighted by Crippen LogP contribution is -2.27. The summed E-state index contributed by atoms with van der Waals surface area (Å²) >= 11 is 6.52. The highest BCUT2D eigenvalue weighted by Crippen LogP contribution is 2.29. The van der Waals surface area contributed by atoms with Gasteiger partial charge >= 0.3 is 0 Å². The Morgan fingerprint density at radius 3 is 2.40 bits per heavy atom. The van der Waals surface area contributed by atoms with Gasteiger partial charge in [0.2, 0.25) is 0 Å². The molecule has 1 saturated heterocycles. The third-order valence-electron chi connectivity index (χ3n) is 4.38. The highest BCUT2D eigenvalue weighted by atomic mass is 35.5. The fraction of sp³-hybridized carbons (Fsp3) is 0.647. The molecule has 1 aliphatic heterocycles. The Balaban J connectivity index is 1.64. The second kappa shape index (κ2) is 6.82. The predicted octanol–water partition coefficient (Wildman–Crippen LogP) is 4.36. The number of rotatable bonds is 4. The summed E-state index contributed by atoms with van der Waals surface area (Å²) in [6.07, 6.45) is 9.37. The molecule has 1 aromatic rings. The minimum atomic E-state index is 0.753. The molecule has 2 aliphatic rings. The highest BCUT2D eigenvalue weighted by Gasteiger charge is 2.20. The smallest absolute Gasteiger partial charge is 0.0642 e. The first kappa shape index (κ1) is 14.2. The average Bonchev–Trinajstić information content (AvgIpc) is 3.21. The predicted molar refractivity (Wildman–Crippen MR) is 86.6 cm³/mol. The minimum absolute atomic E-state index is 0.753. The van der Waals surface area contributed by atoms with E-state index in [2.05, 4.69) is 28.4 Å². The van der Waals surface area contributed by atoms with E-state index in [0.29, 0.717) is 0 Å². The van der Waals surface area contributed by atoms with Crippen LogP contribution >= 0.6 is 11.6 Å². The summed E-state index contributed by atoms with van der Waals surface area (Å²) in [5.41, 5.74) is 2.53. The first-order valence-corrected chi connectivity index (χ1v) is 8.47. The molecule has 0 unspecified atom stereocenters.